The van der Waals surface area contributed by atoms with Crippen LogP contribution in [0.2, 0.25) is 0 Å². The van der Waals surface area contributed by atoms with Gasteiger partial charge in [0, 0.05) is 5.54 Å². The fraction of sp³-hybridized carbons (Fsp3) is 0.867. The molecule has 0 aromatic heterocycles. The maximum Gasteiger partial charge on any atom is 0.246 e. The summed E-state index contributed by atoms with van der Waals surface area (Å²) in [5.41, 5.74) is -0.0864. The summed E-state index contributed by atoms with van der Waals surface area (Å²) in [6, 6.07) is -0.535. The Kier molecular flexibility index (Phi) is 2.88. The number of piperazine rings is 1. The molecule has 3 aliphatic rings. The first-order valence-electron chi connectivity index (χ1n) is 7.57. The highest BCUT2D eigenvalue weighted by molar-refractivity contribution is 5.98. The van der Waals surface area contributed by atoms with Crippen LogP contribution in [0.3, 0.4) is 0 Å². The quantitative estimate of drug-likeness (QED) is 0.843. The molecule has 2 saturated carbocycles. The van der Waals surface area contributed by atoms with Crippen LogP contribution in [0.15, 0.2) is 0 Å². The zero-order chi connectivity index (χ0) is 13.8. The van der Waals surface area contributed by atoms with Crippen molar-refractivity contribution in [2.45, 2.75) is 70.5 Å². The lowest BCUT2D eigenvalue weighted by Gasteiger charge is -2.54. The lowest BCUT2D eigenvalue weighted by Crippen LogP contribution is -2.72. The fourth-order valence-corrected chi connectivity index (χ4v) is 3.59. The summed E-state index contributed by atoms with van der Waals surface area (Å²) in [5, 5.41) is 2.98. The van der Waals surface area contributed by atoms with Gasteiger partial charge in [0.1, 0.15) is 12.1 Å². The first-order valence-corrected chi connectivity index (χ1v) is 7.57. The molecule has 2 amide bonds. The van der Waals surface area contributed by atoms with Crippen molar-refractivity contribution in [1.29, 1.82) is 0 Å². The third-order valence-electron chi connectivity index (χ3n) is 5.09. The van der Waals surface area contributed by atoms with Crippen molar-refractivity contribution < 1.29 is 9.59 Å². The van der Waals surface area contributed by atoms with Gasteiger partial charge < -0.3 is 10.2 Å². The number of nitrogens with zero attached hydrogens (tertiary/aromatic N) is 1. The summed E-state index contributed by atoms with van der Waals surface area (Å²) in [7, 11) is 0. The Hall–Kier alpha value is -1.06. The van der Waals surface area contributed by atoms with Crippen LogP contribution in [0.25, 0.3) is 0 Å². The zero-order valence-electron chi connectivity index (χ0n) is 12.1. The number of nitrogens with one attached hydrogen (secondary N) is 1. The van der Waals surface area contributed by atoms with Gasteiger partial charge in [-0.15, -0.1) is 0 Å². The maximum atomic E-state index is 12.8. The van der Waals surface area contributed by atoms with Crippen molar-refractivity contribution in [3.8, 4) is 0 Å². The van der Waals surface area contributed by atoms with Gasteiger partial charge in [0.05, 0.1) is 0 Å². The molecule has 4 heteroatoms. The highest BCUT2D eigenvalue weighted by atomic mass is 16.2. The van der Waals surface area contributed by atoms with E-state index < -0.39 is 0 Å². The van der Waals surface area contributed by atoms with Gasteiger partial charge in [-0.2, -0.15) is 0 Å². The average molecular weight is 264 g/mol. The van der Waals surface area contributed by atoms with Gasteiger partial charge in [-0.1, -0.05) is 13.8 Å². The van der Waals surface area contributed by atoms with E-state index in [1.54, 1.807) is 0 Å². The van der Waals surface area contributed by atoms with Crippen molar-refractivity contribution >= 4 is 11.8 Å². The van der Waals surface area contributed by atoms with E-state index >= 15 is 0 Å². The summed E-state index contributed by atoms with van der Waals surface area (Å²) in [6.07, 6.45) is 5.39. The van der Waals surface area contributed by atoms with E-state index in [-0.39, 0.29) is 35.4 Å². The van der Waals surface area contributed by atoms with Gasteiger partial charge in [-0.25, -0.2) is 0 Å². The zero-order valence-corrected chi connectivity index (χ0v) is 12.1. The molecule has 2 aliphatic carbocycles. The summed E-state index contributed by atoms with van der Waals surface area (Å²) in [6.45, 7) is 6.21. The molecule has 3 rings (SSSR count). The third kappa shape index (κ3) is 1.96. The Morgan fingerprint density at radius 1 is 1.26 bits per heavy atom. The molecular formula is C15H24N2O2. The van der Waals surface area contributed by atoms with Crippen LogP contribution in [-0.2, 0) is 9.59 Å². The first-order chi connectivity index (χ1) is 8.94. The van der Waals surface area contributed by atoms with Crippen LogP contribution >= 0.6 is 0 Å². The Balaban J connectivity index is 1.92. The molecule has 3 fully saturated rings. The molecule has 0 aromatic carbocycles. The SMILES string of the molecule is CC(C)C1C(=O)NC(C2CC2)C(=O)N1C1(C)CCC1. The predicted octanol–water partition coefficient (Wildman–Crippen LogP) is 1.69. The number of hydrogen-bond acceptors (Lipinski definition) is 2. The molecule has 0 radical (unpaired) electrons. The van der Waals surface area contributed by atoms with Crippen LogP contribution in [-0.4, -0.2) is 34.3 Å². The smallest absolute Gasteiger partial charge is 0.246 e. The van der Waals surface area contributed by atoms with Gasteiger partial charge >= 0.3 is 0 Å². The second-order valence-electron chi connectivity index (χ2n) is 7.07. The van der Waals surface area contributed by atoms with Crippen LogP contribution < -0.4 is 5.32 Å². The molecule has 0 aromatic rings. The van der Waals surface area contributed by atoms with Crippen molar-refractivity contribution in [2.24, 2.45) is 11.8 Å². The number of carbonyl (C=O) groups excluding carboxylic acids is 2. The standard InChI is InChI=1S/C15H24N2O2/c1-9(2)12-13(18)16-11(10-5-6-10)14(19)17(12)15(3)7-4-8-15/h9-12H,4-8H2,1-3H3,(H,16,18). The van der Waals surface area contributed by atoms with E-state index in [9.17, 15) is 9.59 Å². The van der Waals surface area contributed by atoms with Gasteiger partial charge in [-0.05, 0) is 50.9 Å². The molecule has 1 aliphatic heterocycles. The Morgan fingerprint density at radius 2 is 1.89 bits per heavy atom. The van der Waals surface area contributed by atoms with E-state index in [1.165, 1.54) is 6.42 Å². The first kappa shape index (κ1) is 12.9. The minimum Gasteiger partial charge on any atom is -0.342 e. The van der Waals surface area contributed by atoms with Crippen LogP contribution in [0.1, 0.15) is 52.9 Å². The molecule has 0 spiro atoms. The molecule has 106 valence electrons. The second-order valence-corrected chi connectivity index (χ2v) is 7.07. The normalized spacial score (nSPS) is 34.2. The van der Waals surface area contributed by atoms with Gasteiger partial charge in [0.25, 0.3) is 0 Å². The average Bonchev–Trinajstić information content (AvgIpc) is 3.11. The molecule has 4 nitrogen and oxygen atoms in total. The topological polar surface area (TPSA) is 49.4 Å². The van der Waals surface area contributed by atoms with Crippen LogP contribution in [0.4, 0.5) is 0 Å². The molecule has 1 heterocycles. The lowest BCUT2D eigenvalue weighted by atomic mass is 9.74. The van der Waals surface area contributed by atoms with E-state index in [0.717, 1.165) is 25.7 Å². The van der Waals surface area contributed by atoms with E-state index in [1.807, 2.05) is 18.7 Å². The minimum atomic E-state index is -0.284. The van der Waals surface area contributed by atoms with Gasteiger partial charge in [0.2, 0.25) is 11.8 Å². The van der Waals surface area contributed by atoms with Gasteiger partial charge in [0.15, 0.2) is 0 Å². The highest BCUT2D eigenvalue weighted by Crippen LogP contribution is 2.43. The maximum absolute atomic E-state index is 12.8. The number of rotatable bonds is 3. The summed E-state index contributed by atoms with van der Waals surface area (Å²) >= 11 is 0. The van der Waals surface area contributed by atoms with Gasteiger partial charge in [-0.3, -0.25) is 9.59 Å². The Bertz CT molecular complexity index is 410. The van der Waals surface area contributed by atoms with E-state index in [0.29, 0.717) is 5.92 Å². The molecule has 19 heavy (non-hydrogen) atoms. The van der Waals surface area contributed by atoms with Crippen molar-refractivity contribution in [3.63, 3.8) is 0 Å². The molecule has 1 saturated heterocycles. The van der Waals surface area contributed by atoms with Crippen molar-refractivity contribution in [1.82, 2.24) is 10.2 Å². The monoisotopic (exact) mass is 264 g/mol. The van der Waals surface area contributed by atoms with Crippen LogP contribution in [0, 0.1) is 11.8 Å². The third-order valence-corrected chi connectivity index (χ3v) is 5.09. The Labute approximate surface area is 114 Å². The predicted molar refractivity (Wildman–Crippen MR) is 72.4 cm³/mol. The minimum absolute atomic E-state index is 0.0552. The van der Waals surface area contributed by atoms with E-state index in [4.69, 9.17) is 0 Å². The Morgan fingerprint density at radius 3 is 2.32 bits per heavy atom. The second kappa shape index (κ2) is 4.22. The molecule has 0 bridgehead atoms. The highest BCUT2D eigenvalue weighted by Gasteiger charge is 2.54. The molecule has 2 atom stereocenters. The summed E-state index contributed by atoms with van der Waals surface area (Å²) < 4.78 is 0. The summed E-state index contributed by atoms with van der Waals surface area (Å²) in [4.78, 5) is 27.2. The molecule has 1 N–H and O–H groups in total. The summed E-state index contributed by atoms with van der Waals surface area (Å²) in [5.74, 6) is 0.778. The molecular weight excluding hydrogens is 240 g/mol. The van der Waals surface area contributed by atoms with Crippen LogP contribution in [0.5, 0.6) is 0 Å². The lowest BCUT2D eigenvalue weighted by molar-refractivity contribution is -0.163. The van der Waals surface area contributed by atoms with Crippen molar-refractivity contribution in [3.05, 3.63) is 0 Å². The molecule has 2 unspecified atom stereocenters. The van der Waals surface area contributed by atoms with Crippen molar-refractivity contribution in [2.75, 3.05) is 0 Å². The number of carbonyl (C=O) groups is 2. The number of hydrogen-bond donors (Lipinski definition) is 1. The largest absolute Gasteiger partial charge is 0.342 e. The van der Waals surface area contributed by atoms with E-state index in [2.05, 4.69) is 12.2 Å². The number of amides is 2. The fourth-order valence-electron chi connectivity index (χ4n) is 3.59.